The molecular formula is C15H16N2OS. The molecule has 0 atom stereocenters. The van der Waals surface area contributed by atoms with Crippen molar-refractivity contribution in [3.63, 3.8) is 0 Å². The fourth-order valence-electron chi connectivity index (χ4n) is 1.58. The van der Waals surface area contributed by atoms with E-state index in [0.717, 1.165) is 5.69 Å². The first-order chi connectivity index (χ1) is 9.15. The summed E-state index contributed by atoms with van der Waals surface area (Å²) in [6.45, 7) is 4.31. The van der Waals surface area contributed by atoms with Gasteiger partial charge in [-0.2, -0.15) is 0 Å². The topological polar surface area (TPSA) is 42.0 Å². The van der Waals surface area contributed by atoms with Gasteiger partial charge in [-0.15, -0.1) is 11.8 Å². The van der Waals surface area contributed by atoms with Crippen LogP contribution < -0.4 is 5.32 Å². The Bertz CT molecular complexity index is 538. The van der Waals surface area contributed by atoms with Crippen LogP contribution in [0, 0.1) is 0 Å². The van der Waals surface area contributed by atoms with Gasteiger partial charge >= 0.3 is 0 Å². The molecule has 0 aliphatic heterocycles. The van der Waals surface area contributed by atoms with Gasteiger partial charge in [0.1, 0.15) is 5.69 Å². The average molecular weight is 272 g/mol. The molecule has 0 aliphatic rings. The monoisotopic (exact) mass is 272 g/mol. The summed E-state index contributed by atoms with van der Waals surface area (Å²) in [5.41, 5.74) is 1.20. The van der Waals surface area contributed by atoms with Crippen molar-refractivity contribution in [3.8, 4) is 0 Å². The van der Waals surface area contributed by atoms with Gasteiger partial charge in [-0.1, -0.05) is 19.9 Å². The molecule has 1 amide bonds. The van der Waals surface area contributed by atoms with Gasteiger partial charge in [-0.25, -0.2) is 0 Å². The molecule has 0 saturated carbocycles. The summed E-state index contributed by atoms with van der Waals surface area (Å²) in [6.07, 6.45) is 1.61. The number of carbonyl (C=O) groups excluding carboxylic acids is 1. The number of benzene rings is 1. The van der Waals surface area contributed by atoms with Crippen molar-refractivity contribution in [3.05, 3.63) is 54.4 Å². The van der Waals surface area contributed by atoms with E-state index in [-0.39, 0.29) is 5.91 Å². The van der Waals surface area contributed by atoms with Gasteiger partial charge < -0.3 is 5.32 Å². The van der Waals surface area contributed by atoms with Crippen LogP contribution in [0.4, 0.5) is 5.69 Å². The van der Waals surface area contributed by atoms with Crippen molar-refractivity contribution in [2.24, 2.45) is 0 Å². The molecule has 0 spiro atoms. The molecule has 0 bridgehead atoms. The number of nitrogens with one attached hydrogen (secondary N) is 1. The van der Waals surface area contributed by atoms with Crippen molar-refractivity contribution in [1.29, 1.82) is 0 Å². The smallest absolute Gasteiger partial charge is 0.274 e. The van der Waals surface area contributed by atoms with E-state index >= 15 is 0 Å². The normalized spacial score (nSPS) is 10.5. The summed E-state index contributed by atoms with van der Waals surface area (Å²) >= 11 is 1.80. The molecule has 0 unspecified atom stereocenters. The average Bonchev–Trinajstić information content (AvgIpc) is 2.41. The Morgan fingerprint density at radius 1 is 1.16 bits per heavy atom. The fraction of sp³-hybridized carbons (Fsp3) is 0.200. The lowest BCUT2D eigenvalue weighted by atomic mass is 10.3. The van der Waals surface area contributed by atoms with Crippen LogP contribution in [-0.2, 0) is 0 Å². The van der Waals surface area contributed by atoms with E-state index in [1.165, 1.54) is 4.90 Å². The van der Waals surface area contributed by atoms with Crippen molar-refractivity contribution in [2.45, 2.75) is 24.0 Å². The summed E-state index contributed by atoms with van der Waals surface area (Å²) in [6, 6.07) is 13.1. The van der Waals surface area contributed by atoms with Crippen molar-refractivity contribution in [1.82, 2.24) is 4.98 Å². The molecular weight excluding hydrogens is 256 g/mol. The first kappa shape index (κ1) is 13.6. The number of carbonyl (C=O) groups is 1. The number of pyridine rings is 1. The van der Waals surface area contributed by atoms with Crippen molar-refractivity contribution < 1.29 is 4.79 Å². The largest absolute Gasteiger partial charge is 0.321 e. The zero-order valence-electron chi connectivity index (χ0n) is 11.0. The molecule has 0 radical (unpaired) electrons. The molecule has 4 heteroatoms. The number of hydrogen-bond acceptors (Lipinski definition) is 3. The van der Waals surface area contributed by atoms with Gasteiger partial charge in [-0.05, 0) is 36.4 Å². The highest BCUT2D eigenvalue weighted by Crippen LogP contribution is 2.24. The Morgan fingerprint density at radius 3 is 2.47 bits per heavy atom. The van der Waals surface area contributed by atoms with Gasteiger partial charge in [0.25, 0.3) is 5.91 Å². The minimum Gasteiger partial charge on any atom is -0.321 e. The third-order valence-corrected chi connectivity index (χ3v) is 3.40. The summed E-state index contributed by atoms with van der Waals surface area (Å²) in [5, 5.41) is 3.38. The first-order valence-corrected chi connectivity index (χ1v) is 7.02. The standard InChI is InChI=1S/C15H16N2OS/c1-11(2)19-13-8-6-12(7-9-13)17-15(18)14-5-3-4-10-16-14/h3-11H,1-2H3,(H,17,18). The van der Waals surface area contributed by atoms with Crippen LogP contribution in [0.1, 0.15) is 24.3 Å². The van der Waals surface area contributed by atoms with E-state index in [4.69, 9.17) is 0 Å². The molecule has 0 saturated heterocycles. The van der Waals surface area contributed by atoms with Crippen LogP contribution in [0.2, 0.25) is 0 Å². The van der Waals surface area contributed by atoms with Crippen molar-refractivity contribution in [2.75, 3.05) is 5.32 Å². The van der Waals surface area contributed by atoms with Crippen LogP contribution in [0.15, 0.2) is 53.6 Å². The summed E-state index contributed by atoms with van der Waals surface area (Å²) in [5.74, 6) is -0.190. The third kappa shape index (κ3) is 4.10. The molecule has 0 aliphatic carbocycles. The van der Waals surface area contributed by atoms with Gasteiger partial charge in [0, 0.05) is 22.0 Å². The number of hydrogen-bond donors (Lipinski definition) is 1. The minimum absolute atomic E-state index is 0.190. The summed E-state index contributed by atoms with van der Waals surface area (Å²) in [7, 11) is 0. The van der Waals surface area contributed by atoms with Crippen LogP contribution >= 0.6 is 11.8 Å². The maximum absolute atomic E-state index is 11.9. The van der Waals surface area contributed by atoms with Crippen LogP contribution in [0.5, 0.6) is 0 Å². The number of aromatic nitrogens is 1. The van der Waals surface area contributed by atoms with E-state index < -0.39 is 0 Å². The highest BCUT2D eigenvalue weighted by atomic mass is 32.2. The second-order valence-corrected chi connectivity index (χ2v) is 6.01. The highest BCUT2D eigenvalue weighted by Gasteiger charge is 2.06. The second-order valence-electron chi connectivity index (χ2n) is 4.36. The Balaban J connectivity index is 2.02. The predicted octanol–water partition coefficient (Wildman–Crippen LogP) is 3.83. The first-order valence-electron chi connectivity index (χ1n) is 6.14. The Hall–Kier alpha value is -1.81. The molecule has 1 heterocycles. The lowest BCUT2D eigenvalue weighted by Crippen LogP contribution is -2.13. The maximum Gasteiger partial charge on any atom is 0.274 e. The third-order valence-electron chi connectivity index (χ3n) is 2.38. The van der Waals surface area contributed by atoms with Crippen LogP contribution in [0.25, 0.3) is 0 Å². The molecule has 1 N–H and O–H groups in total. The van der Waals surface area contributed by atoms with E-state index in [9.17, 15) is 4.79 Å². The number of nitrogens with zero attached hydrogens (tertiary/aromatic N) is 1. The van der Waals surface area contributed by atoms with Gasteiger partial charge in [0.05, 0.1) is 0 Å². The Morgan fingerprint density at radius 2 is 1.89 bits per heavy atom. The molecule has 3 nitrogen and oxygen atoms in total. The summed E-state index contributed by atoms with van der Waals surface area (Å²) < 4.78 is 0. The van der Waals surface area contributed by atoms with E-state index in [1.807, 2.05) is 24.3 Å². The Labute approximate surface area is 117 Å². The van der Waals surface area contributed by atoms with Gasteiger partial charge in [-0.3, -0.25) is 9.78 Å². The number of anilines is 1. The van der Waals surface area contributed by atoms with E-state index in [0.29, 0.717) is 10.9 Å². The van der Waals surface area contributed by atoms with Crippen LogP contribution in [0.3, 0.4) is 0 Å². The number of amides is 1. The highest BCUT2D eigenvalue weighted by molar-refractivity contribution is 7.99. The van der Waals surface area contributed by atoms with E-state index in [1.54, 1.807) is 36.2 Å². The molecule has 1 aromatic carbocycles. The van der Waals surface area contributed by atoms with Crippen LogP contribution in [-0.4, -0.2) is 16.1 Å². The minimum atomic E-state index is -0.190. The molecule has 2 rings (SSSR count). The zero-order chi connectivity index (χ0) is 13.7. The Kier molecular flexibility index (Phi) is 4.58. The second kappa shape index (κ2) is 6.38. The predicted molar refractivity (Wildman–Crippen MR) is 79.6 cm³/mol. The molecule has 98 valence electrons. The van der Waals surface area contributed by atoms with E-state index in [2.05, 4.69) is 24.1 Å². The zero-order valence-corrected chi connectivity index (χ0v) is 11.8. The molecule has 2 aromatic rings. The SMILES string of the molecule is CC(C)Sc1ccc(NC(=O)c2ccccn2)cc1. The lowest BCUT2D eigenvalue weighted by Gasteiger charge is -2.07. The molecule has 0 fully saturated rings. The summed E-state index contributed by atoms with van der Waals surface area (Å²) in [4.78, 5) is 17.1. The molecule has 19 heavy (non-hydrogen) atoms. The van der Waals surface area contributed by atoms with Gasteiger partial charge in [0.2, 0.25) is 0 Å². The lowest BCUT2D eigenvalue weighted by molar-refractivity contribution is 0.102. The number of rotatable bonds is 4. The van der Waals surface area contributed by atoms with Crippen molar-refractivity contribution >= 4 is 23.4 Å². The maximum atomic E-state index is 11.9. The quantitative estimate of drug-likeness (QED) is 0.860. The number of thioether (sulfide) groups is 1. The molecule has 1 aromatic heterocycles. The van der Waals surface area contributed by atoms with Gasteiger partial charge in [0.15, 0.2) is 0 Å². The fourth-order valence-corrected chi connectivity index (χ4v) is 2.42.